The molecule has 0 radical (unpaired) electrons. The van der Waals surface area contributed by atoms with Crippen LogP contribution in [0, 0.1) is 48.5 Å². The minimum Gasteiger partial charge on any atom is -0.497 e. The maximum Gasteiger partial charge on any atom is 0.216 e. The van der Waals surface area contributed by atoms with E-state index in [-0.39, 0.29) is 17.3 Å². The monoisotopic (exact) mass is 1440 g/mol. The number of aryl methyl sites for hydroxylation is 4. The van der Waals surface area contributed by atoms with Gasteiger partial charge < -0.3 is 53.1 Å². The molecule has 26 nitrogen and oxygen atoms in total. The molecule has 14 rings (SSSR count). The van der Waals surface area contributed by atoms with Crippen LogP contribution >= 0.6 is 0 Å². The van der Waals surface area contributed by atoms with Gasteiger partial charge in [0.2, 0.25) is 22.8 Å². The number of methoxy groups -OCH3 is 6. The first-order valence-electron chi connectivity index (χ1n) is 31.4. The Balaban J connectivity index is 0.000000136. The lowest BCUT2D eigenvalue weighted by Gasteiger charge is -2.11. The molecule has 0 spiro atoms. The van der Waals surface area contributed by atoms with Crippen molar-refractivity contribution in [1.82, 2.24) is 69.8 Å². The highest BCUT2D eigenvalue weighted by Crippen LogP contribution is 2.34. The van der Waals surface area contributed by atoms with E-state index in [0.29, 0.717) is 90.1 Å². The number of imidazole rings is 4. The molecule has 4 N–H and O–H groups in total. The van der Waals surface area contributed by atoms with Gasteiger partial charge in [-0.25, -0.2) is 29.1 Å². The Bertz CT molecular complexity index is 5160. The molecule has 4 atom stereocenters. The van der Waals surface area contributed by atoms with Gasteiger partial charge in [-0.3, -0.25) is 32.6 Å². The van der Waals surface area contributed by atoms with Crippen molar-refractivity contribution in [1.29, 1.82) is 0 Å². The van der Waals surface area contributed by atoms with Crippen LogP contribution in [0.25, 0.3) is 55.7 Å². The summed E-state index contributed by atoms with van der Waals surface area (Å²) in [7, 11) is 4.02. The number of rotatable bonds is 19. The van der Waals surface area contributed by atoms with Crippen molar-refractivity contribution in [2.24, 2.45) is 4.99 Å². The molecule has 11 heterocycles. The van der Waals surface area contributed by atoms with Crippen molar-refractivity contribution in [3.05, 3.63) is 183 Å². The summed E-state index contributed by atoms with van der Waals surface area (Å²) >= 11 is 0. The molecule has 0 saturated carbocycles. The fourth-order valence-corrected chi connectivity index (χ4v) is 15.6. The minimum atomic E-state index is -1.46. The third kappa shape index (κ3) is 16.2. The second-order valence-corrected chi connectivity index (χ2v) is 28.2. The van der Waals surface area contributed by atoms with E-state index in [0.717, 1.165) is 106 Å². The highest BCUT2D eigenvalue weighted by Gasteiger charge is 2.23. The summed E-state index contributed by atoms with van der Waals surface area (Å²) in [4.78, 5) is 61.1. The average molecular weight is 1440 g/mol. The van der Waals surface area contributed by atoms with E-state index in [2.05, 4.69) is 74.8 Å². The number of benzene rings is 3. The van der Waals surface area contributed by atoms with Gasteiger partial charge in [0.25, 0.3) is 0 Å². The Hall–Kier alpha value is -10.7. The molecular weight excluding hydrogens is 1370 g/mol. The van der Waals surface area contributed by atoms with Crippen LogP contribution in [0.15, 0.2) is 152 Å². The van der Waals surface area contributed by atoms with Crippen LogP contribution in [-0.4, -0.2) is 148 Å². The third-order valence-corrected chi connectivity index (χ3v) is 21.1. The molecule has 4 unspecified atom stereocenters. The second kappa shape index (κ2) is 32.1. The number of hydrogen-bond acceptors (Lipinski definition) is 22. The van der Waals surface area contributed by atoms with E-state index < -0.39 is 43.2 Å². The summed E-state index contributed by atoms with van der Waals surface area (Å²) in [5, 5.41) is 1.60. The molecule has 0 fully saturated rings. The number of H-pyrrole nitrogens is 4. The summed E-state index contributed by atoms with van der Waals surface area (Å²) in [5.41, 5.74) is 16.7. The van der Waals surface area contributed by atoms with Gasteiger partial charge in [0, 0.05) is 87.5 Å². The molecule has 13 aromatic rings. The first-order chi connectivity index (χ1) is 48.8. The van der Waals surface area contributed by atoms with Crippen LogP contribution in [0.2, 0.25) is 0 Å². The Morgan fingerprint density at radius 1 is 0.446 bits per heavy atom. The Labute approximate surface area is 591 Å². The van der Waals surface area contributed by atoms with Crippen molar-refractivity contribution in [2.45, 2.75) is 91.2 Å². The second-order valence-electron chi connectivity index (χ2n) is 22.8. The van der Waals surface area contributed by atoms with E-state index in [4.69, 9.17) is 33.2 Å². The molecule has 101 heavy (non-hydrogen) atoms. The maximum absolute atomic E-state index is 13.3. The fourth-order valence-electron chi connectivity index (χ4n) is 11.0. The molecule has 10 aromatic heterocycles. The lowest BCUT2D eigenvalue weighted by atomic mass is 10.1. The largest absolute Gasteiger partial charge is 0.497 e. The van der Waals surface area contributed by atoms with Crippen molar-refractivity contribution >= 4 is 93.5 Å². The number of nitrogens with one attached hydrogen (secondary N) is 4. The van der Waals surface area contributed by atoms with Gasteiger partial charge >= 0.3 is 0 Å². The fraction of sp³-hybridized carbons (Fsp3) is 0.254. The normalized spacial score (nSPS) is 13.0. The number of aliphatic imine (C=N–C) groups is 1. The topological polar surface area (TPSA) is 337 Å². The number of pyridine rings is 6. The van der Waals surface area contributed by atoms with Crippen LogP contribution in [0.3, 0.4) is 0 Å². The third-order valence-electron chi connectivity index (χ3n) is 16.2. The molecule has 522 valence electrons. The van der Waals surface area contributed by atoms with Gasteiger partial charge in [-0.2, -0.15) is 9.97 Å². The quantitative estimate of drug-likeness (QED) is 0.0584. The Morgan fingerprint density at radius 3 is 1.44 bits per heavy atom. The summed E-state index contributed by atoms with van der Waals surface area (Å²) in [6.07, 6.45) is 6.88. The van der Waals surface area contributed by atoms with Crippen molar-refractivity contribution in [3.8, 4) is 46.0 Å². The van der Waals surface area contributed by atoms with Crippen molar-refractivity contribution in [2.75, 3.05) is 55.8 Å². The van der Waals surface area contributed by atoms with Gasteiger partial charge in [-0.1, -0.05) is 30.3 Å². The highest BCUT2D eigenvalue weighted by molar-refractivity contribution is 7.85. The van der Waals surface area contributed by atoms with E-state index in [1.165, 1.54) is 0 Å². The molecule has 1 aliphatic heterocycles. The van der Waals surface area contributed by atoms with E-state index >= 15 is 0 Å². The zero-order valence-electron chi connectivity index (χ0n) is 57.6. The molecule has 30 heteroatoms. The van der Waals surface area contributed by atoms with Crippen molar-refractivity contribution < 1.29 is 50.0 Å². The lowest BCUT2D eigenvalue weighted by Crippen LogP contribution is -2.05. The number of aromatic nitrogens is 14. The van der Waals surface area contributed by atoms with Crippen LogP contribution in [-0.2, 0) is 65.2 Å². The van der Waals surface area contributed by atoms with Crippen LogP contribution < -0.4 is 28.4 Å². The molecule has 3 aromatic carbocycles. The number of nitrogens with zero attached hydrogens (tertiary/aromatic N) is 11. The Kier molecular flexibility index (Phi) is 22.8. The summed E-state index contributed by atoms with van der Waals surface area (Å²) in [6.45, 7) is 14.8. The van der Waals surface area contributed by atoms with Crippen LogP contribution in [0.1, 0.15) is 61.6 Å². The van der Waals surface area contributed by atoms with Gasteiger partial charge in [-0.15, -0.1) is 0 Å². The molecule has 1 aliphatic rings. The number of hydrogen-bond donors (Lipinski definition) is 4. The predicted octanol–water partition coefficient (Wildman–Crippen LogP) is 11.4. The van der Waals surface area contributed by atoms with Crippen molar-refractivity contribution in [3.63, 3.8) is 0 Å². The number of aromatic amines is 4. The summed E-state index contributed by atoms with van der Waals surface area (Å²) in [5.74, 6) is 5.37. The lowest BCUT2D eigenvalue weighted by molar-refractivity contribution is 0.348. The van der Waals surface area contributed by atoms with Gasteiger partial charge in [-0.05, 0) is 103 Å². The molecule has 0 aliphatic carbocycles. The summed E-state index contributed by atoms with van der Waals surface area (Å²) < 4.78 is 88.7. The first kappa shape index (κ1) is 71.6. The predicted molar refractivity (Wildman–Crippen MR) is 387 cm³/mol. The first-order valence-corrected chi connectivity index (χ1v) is 36.5. The van der Waals surface area contributed by atoms with Gasteiger partial charge in [0.15, 0.2) is 26.8 Å². The van der Waals surface area contributed by atoms with E-state index in [1.54, 1.807) is 97.8 Å². The molecular formula is C71H73N15O11S4. The van der Waals surface area contributed by atoms with E-state index in [9.17, 15) is 16.8 Å². The molecule has 0 bridgehead atoms. The van der Waals surface area contributed by atoms with Crippen LogP contribution in [0.4, 0.5) is 0 Å². The Morgan fingerprint density at radius 2 is 0.941 bits per heavy atom. The van der Waals surface area contributed by atoms with Gasteiger partial charge in [0.1, 0.15) is 40.4 Å². The number of para-hydroxylation sites is 2. The standard InChI is InChI=1S/C20H17N3O2S.C19H20N4O3S.2C16H18N4O3S/c1-13-6-5-7-15(18-12-14(25-2)10-11-21-18)19(13)26(24)20-22-16-8-3-4-9-17(16)23-20;1-11-9-21-16(12(2)17(11)25-3)10-27(24)19-22-14-5-4-13(8-15(14)23-19)18-20-6-7-26-18;2*1-9-7-17-12(10(2)14(9)23-4)8-24(21)16-18-11-5-6-13(22-3)19-15(11)20-16/h3-12H,1-2H3,(H,22,23);4-5,8-9H,6-7,10H2,1-3H3,(H,22,23);2*5-7H,8H2,1-4H3,(H,18,19,20). The SMILES string of the molecule is COc1c(C)cnc(CS(=O)c2nc3ccc(C4=NCCO4)cc3[nH]2)c1C.COc1ccc2[nH]c(S(=O)Cc3ncc(C)c(OC)c3C)nc2n1.COc1ccc2[nH]c(S(=O)Cc3ncc(C)c(OC)c3C)nc2n1.COc1ccnc(-c2cccc(C)c2S(=O)c2nc3ccccc3[nH]2)c1. The smallest absolute Gasteiger partial charge is 0.216 e. The minimum absolute atomic E-state index is 0.249. The average Bonchev–Trinajstić information content (AvgIpc) is 1.65. The maximum atomic E-state index is 13.3. The van der Waals surface area contributed by atoms with E-state index in [1.807, 2.05) is 115 Å². The number of fused-ring (bicyclic) bond motifs is 4. The molecule has 0 saturated heterocycles. The molecule has 0 amide bonds. The zero-order valence-corrected chi connectivity index (χ0v) is 60.9. The highest BCUT2D eigenvalue weighted by atomic mass is 32.2. The van der Waals surface area contributed by atoms with Crippen LogP contribution in [0.5, 0.6) is 34.8 Å². The zero-order chi connectivity index (χ0) is 71.6. The summed E-state index contributed by atoms with van der Waals surface area (Å²) in [6, 6.07) is 29.8. The van der Waals surface area contributed by atoms with Gasteiger partial charge in [0.05, 0.1) is 160 Å². The number of ether oxygens (including phenoxy) is 7.